The highest BCUT2D eigenvalue weighted by molar-refractivity contribution is 4.93. The summed E-state index contributed by atoms with van der Waals surface area (Å²) >= 11 is 0. The first-order chi connectivity index (χ1) is 8.92. The fraction of sp³-hybridized carbons (Fsp3) is 1.00. The number of piperidine rings is 1. The Kier molecular flexibility index (Phi) is 6.78. The third-order valence-corrected chi connectivity index (χ3v) is 4.98. The molecule has 19 heavy (non-hydrogen) atoms. The summed E-state index contributed by atoms with van der Waals surface area (Å²) < 4.78 is 0. The van der Waals surface area contributed by atoms with Crippen molar-refractivity contribution < 1.29 is 0 Å². The normalized spacial score (nSPS) is 28.9. The Labute approximate surface area is 120 Å². The Bertz CT molecular complexity index is 252. The quantitative estimate of drug-likeness (QED) is 0.804. The van der Waals surface area contributed by atoms with E-state index in [0.29, 0.717) is 24.0 Å². The third kappa shape index (κ3) is 4.17. The molecule has 0 radical (unpaired) electrons. The Morgan fingerprint density at radius 3 is 2.32 bits per heavy atom. The fourth-order valence-electron chi connectivity index (χ4n) is 3.81. The van der Waals surface area contributed by atoms with Crippen LogP contribution in [-0.2, 0) is 0 Å². The van der Waals surface area contributed by atoms with Gasteiger partial charge in [0.05, 0.1) is 0 Å². The minimum Gasteiger partial charge on any atom is -0.330 e. The lowest BCUT2D eigenvalue weighted by molar-refractivity contribution is 0.0110. The van der Waals surface area contributed by atoms with Crippen LogP contribution in [-0.4, -0.2) is 55.1 Å². The average molecular weight is 269 g/mol. The van der Waals surface area contributed by atoms with Crippen molar-refractivity contribution >= 4 is 0 Å². The molecule has 1 saturated heterocycles. The average Bonchev–Trinajstić information content (AvgIpc) is 2.37. The minimum absolute atomic E-state index is 0.553. The molecule has 0 aromatic carbocycles. The van der Waals surface area contributed by atoms with Gasteiger partial charge in [0, 0.05) is 18.1 Å². The van der Waals surface area contributed by atoms with Crippen molar-refractivity contribution in [3.8, 4) is 0 Å². The zero-order valence-electron chi connectivity index (χ0n) is 13.9. The van der Waals surface area contributed by atoms with Crippen molar-refractivity contribution in [2.24, 2.45) is 17.6 Å². The molecule has 4 unspecified atom stereocenters. The molecule has 114 valence electrons. The number of hydrogen-bond donors (Lipinski definition) is 1. The maximum Gasteiger partial charge on any atom is 0.0283 e. The first-order valence-electron chi connectivity index (χ1n) is 8.04. The van der Waals surface area contributed by atoms with Crippen LogP contribution in [0.15, 0.2) is 0 Å². The van der Waals surface area contributed by atoms with Gasteiger partial charge in [-0.15, -0.1) is 0 Å². The van der Waals surface area contributed by atoms with Crippen LogP contribution in [0.25, 0.3) is 0 Å². The topological polar surface area (TPSA) is 32.5 Å². The maximum absolute atomic E-state index is 5.96. The van der Waals surface area contributed by atoms with E-state index in [4.69, 9.17) is 5.73 Å². The summed E-state index contributed by atoms with van der Waals surface area (Å²) in [6, 6.07) is 1.87. The molecule has 1 aliphatic heterocycles. The highest BCUT2D eigenvalue weighted by atomic mass is 15.2. The second-order valence-electron chi connectivity index (χ2n) is 6.86. The number of nitrogens with two attached hydrogens (primary N) is 1. The van der Waals surface area contributed by atoms with E-state index in [0.717, 1.165) is 12.5 Å². The lowest BCUT2D eigenvalue weighted by atomic mass is 9.80. The van der Waals surface area contributed by atoms with Crippen molar-refractivity contribution in [1.82, 2.24) is 9.80 Å². The first kappa shape index (κ1) is 16.9. The van der Waals surface area contributed by atoms with Crippen molar-refractivity contribution in [2.45, 2.75) is 65.1 Å². The molecule has 0 aromatic heterocycles. The van der Waals surface area contributed by atoms with Crippen molar-refractivity contribution in [2.75, 3.05) is 27.2 Å². The second kappa shape index (κ2) is 7.61. The molecule has 1 aliphatic rings. The van der Waals surface area contributed by atoms with Crippen LogP contribution >= 0.6 is 0 Å². The molecule has 4 atom stereocenters. The van der Waals surface area contributed by atoms with Crippen LogP contribution in [0, 0.1) is 11.8 Å². The predicted molar refractivity (Wildman–Crippen MR) is 84.3 cm³/mol. The number of likely N-dealkylation sites (N-methyl/N-ethyl adjacent to an activating group) is 1. The van der Waals surface area contributed by atoms with E-state index in [1.807, 2.05) is 0 Å². The molecule has 0 spiro atoms. The second-order valence-corrected chi connectivity index (χ2v) is 6.86. The van der Waals surface area contributed by atoms with Gasteiger partial charge in [0.1, 0.15) is 0 Å². The molecular weight excluding hydrogens is 234 g/mol. The summed E-state index contributed by atoms with van der Waals surface area (Å²) in [5, 5.41) is 0. The zero-order valence-corrected chi connectivity index (χ0v) is 13.9. The lowest BCUT2D eigenvalue weighted by Gasteiger charge is -2.49. The summed E-state index contributed by atoms with van der Waals surface area (Å²) in [5.74, 6) is 1.45. The largest absolute Gasteiger partial charge is 0.330 e. The van der Waals surface area contributed by atoms with E-state index in [1.165, 1.54) is 25.8 Å². The Hall–Kier alpha value is -0.120. The van der Waals surface area contributed by atoms with E-state index >= 15 is 0 Å². The molecule has 0 aromatic rings. The number of nitrogens with zero attached hydrogens (tertiary/aromatic N) is 2. The summed E-state index contributed by atoms with van der Waals surface area (Å²) in [6.45, 7) is 11.3. The molecule has 1 heterocycles. The van der Waals surface area contributed by atoms with E-state index < -0.39 is 0 Å². The number of hydrogen-bond acceptors (Lipinski definition) is 3. The maximum atomic E-state index is 5.96. The van der Waals surface area contributed by atoms with Gasteiger partial charge in [0.2, 0.25) is 0 Å². The highest BCUT2D eigenvalue weighted by Gasteiger charge is 2.37. The van der Waals surface area contributed by atoms with Gasteiger partial charge in [-0.25, -0.2) is 0 Å². The fourth-order valence-corrected chi connectivity index (χ4v) is 3.81. The van der Waals surface area contributed by atoms with Crippen molar-refractivity contribution in [1.29, 1.82) is 0 Å². The first-order valence-corrected chi connectivity index (χ1v) is 8.04. The van der Waals surface area contributed by atoms with E-state index in [-0.39, 0.29) is 0 Å². The summed E-state index contributed by atoms with van der Waals surface area (Å²) in [6.07, 6.45) is 4.02. The van der Waals surface area contributed by atoms with Gasteiger partial charge in [-0.05, 0) is 65.7 Å². The molecule has 2 N–H and O–H groups in total. The molecule has 1 fully saturated rings. The van der Waals surface area contributed by atoms with Crippen LogP contribution in [0.2, 0.25) is 0 Å². The smallest absolute Gasteiger partial charge is 0.0283 e. The van der Waals surface area contributed by atoms with Crippen LogP contribution in [0.4, 0.5) is 0 Å². The number of likely N-dealkylation sites (tertiary alicyclic amines) is 1. The van der Waals surface area contributed by atoms with E-state index in [2.05, 4.69) is 51.6 Å². The Morgan fingerprint density at radius 1 is 1.26 bits per heavy atom. The SMILES string of the molecule is CCC1CCN(C(C)C)C(C(C(C)CN)N(C)C)C1. The predicted octanol–water partition coefficient (Wildman–Crippen LogP) is 2.41. The molecule has 0 saturated carbocycles. The van der Waals surface area contributed by atoms with Crippen molar-refractivity contribution in [3.63, 3.8) is 0 Å². The standard InChI is InChI=1S/C16H35N3/c1-7-14-8-9-19(12(2)3)15(10-14)16(18(5)6)13(4)11-17/h12-16H,7-11,17H2,1-6H3. The van der Waals surface area contributed by atoms with Gasteiger partial charge in [0.15, 0.2) is 0 Å². The summed E-state index contributed by atoms with van der Waals surface area (Å²) in [5.41, 5.74) is 5.96. The third-order valence-electron chi connectivity index (χ3n) is 4.98. The molecule has 0 amide bonds. The van der Waals surface area contributed by atoms with Gasteiger partial charge in [-0.1, -0.05) is 20.3 Å². The van der Waals surface area contributed by atoms with Crippen LogP contribution in [0.5, 0.6) is 0 Å². The zero-order chi connectivity index (χ0) is 14.6. The van der Waals surface area contributed by atoms with Gasteiger partial charge in [-0.2, -0.15) is 0 Å². The minimum atomic E-state index is 0.553. The number of rotatable bonds is 6. The Balaban J connectivity index is 2.91. The van der Waals surface area contributed by atoms with E-state index in [9.17, 15) is 0 Å². The summed E-state index contributed by atoms with van der Waals surface area (Å²) in [7, 11) is 4.43. The molecule has 3 heteroatoms. The van der Waals surface area contributed by atoms with Gasteiger partial charge in [-0.3, -0.25) is 4.90 Å². The molecule has 0 aliphatic carbocycles. The van der Waals surface area contributed by atoms with Gasteiger partial charge < -0.3 is 10.6 Å². The highest BCUT2D eigenvalue weighted by Crippen LogP contribution is 2.32. The molecular formula is C16H35N3. The Morgan fingerprint density at radius 2 is 1.89 bits per heavy atom. The van der Waals surface area contributed by atoms with Crippen LogP contribution < -0.4 is 5.73 Å². The monoisotopic (exact) mass is 269 g/mol. The van der Waals surface area contributed by atoms with E-state index in [1.54, 1.807) is 0 Å². The van der Waals surface area contributed by atoms with Gasteiger partial charge >= 0.3 is 0 Å². The van der Waals surface area contributed by atoms with Crippen molar-refractivity contribution in [3.05, 3.63) is 0 Å². The molecule has 0 bridgehead atoms. The summed E-state index contributed by atoms with van der Waals surface area (Å²) in [4.78, 5) is 5.11. The molecule has 3 nitrogen and oxygen atoms in total. The van der Waals surface area contributed by atoms with Gasteiger partial charge in [0.25, 0.3) is 0 Å². The molecule has 1 rings (SSSR count). The van der Waals surface area contributed by atoms with Crippen LogP contribution in [0.3, 0.4) is 0 Å². The lowest BCUT2D eigenvalue weighted by Crippen LogP contribution is -2.58. The van der Waals surface area contributed by atoms with Crippen LogP contribution in [0.1, 0.15) is 47.0 Å².